The molecule has 2 nitrogen and oxygen atoms in total. The summed E-state index contributed by atoms with van der Waals surface area (Å²) in [6, 6.07) is 17.1. The first-order valence-electron chi connectivity index (χ1n) is 9.01. The molecular weight excluding hydrogens is 318 g/mol. The van der Waals surface area contributed by atoms with E-state index in [9.17, 15) is 0 Å². The van der Waals surface area contributed by atoms with Crippen molar-refractivity contribution in [3.05, 3.63) is 95.1 Å². The number of methoxy groups -OCH3 is 1. The van der Waals surface area contributed by atoms with Gasteiger partial charge < -0.3 is 4.74 Å². The van der Waals surface area contributed by atoms with E-state index in [-0.39, 0.29) is 0 Å². The summed E-state index contributed by atoms with van der Waals surface area (Å²) < 4.78 is 7.44. The average molecular weight is 344 g/mol. The first-order valence-corrected chi connectivity index (χ1v) is 9.01. The summed E-state index contributed by atoms with van der Waals surface area (Å²) in [5, 5.41) is 0. The highest BCUT2D eigenvalue weighted by Crippen LogP contribution is 2.31. The summed E-state index contributed by atoms with van der Waals surface area (Å²) in [4.78, 5) is 0. The van der Waals surface area contributed by atoms with Gasteiger partial charge in [-0.2, -0.15) is 0 Å². The molecule has 3 rings (SSSR count). The largest absolute Gasteiger partial charge is 0.497 e. The number of hydrogen-bond donors (Lipinski definition) is 0. The zero-order chi connectivity index (χ0) is 18.5. The monoisotopic (exact) mass is 344 g/mol. The molecule has 0 unspecified atom stereocenters. The SMILES string of the molecule is CCc1cccc(C(=C2C=CC(=[N+](C)C)C=C2)c2ccc(OC)cc2)c1. The Bertz CT molecular complexity index is 889. The van der Waals surface area contributed by atoms with Crippen molar-refractivity contribution in [2.24, 2.45) is 0 Å². The Morgan fingerprint density at radius 3 is 2.15 bits per heavy atom. The zero-order valence-electron chi connectivity index (χ0n) is 16.0. The molecule has 132 valence electrons. The molecule has 1 aliphatic carbocycles. The number of nitrogens with zero attached hydrogens (tertiary/aromatic N) is 1. The summed E-state index contributed by atoms with van der Waals surface area (Å²) in [6.45, 7) is 2.19. The maximum atomic E-state index is 5.32. The third kappa shape index (κ3) is 3.85. The molecule has 2 aromatic rings. The standard InChI is InChI=1S/C24H26NO/c1-5-18-7-6-8-21(17-18)24(20-11-15-23(26-4)16-12-20)19-9-13-22(14-10-19)25(2)3/h6-17H,5H2,1-4H3/q+1. The van der Waals surface area contributed by atoms with Gasteiger partial charge in [0, 0.05) is 12.2 Å². The fourth-order valence-electron chi connectivity index (χ4n) is 3.13. The minimum atomic E-state index is 0.873. The van der Waals surface area contributed by atoms with Crippen molar-refractivity contribution in [2.45, 2.75) is 13.3 Å². The second-order valence-electron chi connectivity index (χ2n) is 6.60. The van der Waals surface area contributed by atoms with Crippen LogP contribution >= 0.6 is 0 Å². The van der Waals surface area contributed by atoms with Gasteiger partial charge in [-0.3, -0.25) is 0 Å². The molecule has 0 bridgehead atoms. The van der Waals surface area contributed by atoms with Gasteiger partial charge in [-0.1, -0.05) is 43.3 Å². The lowest BCUT2D eigenvalue weighted by Crippen LogP contribution is -2.10. The molecule has 26 heavy (non-hydrogen) atoms. The van der Waals surface area contributed by atoms with Crippen molar-refractivity contribution in [3.63, 3.8) is 0 Å². The Morgan fingerprint density at radius 2 is 1.58 bits per heavy atom. The van der Waals surface area contributed by atoms with E-state index >= 15 is 0 Å². The van der Waals surface area contributed by atoms with Crippen LogP contribution in [0.15, 0.2) is 78.4 Å². The molecule has 2 heteroatoms. The number of hydrogen-bond acceptors (Lipinski definition) is 1. The molecular formula is C24H26NO+. The second-order valence-corrected chi connectivity index (χ2v) is 6.60. The zero-order valence-corrected chi connectivity index (χ0v) is 16.0. The Kier molecular flexibility index (Phi) is 5.52. The van der Waals surface area contributed by atoms with Crippen molar-refractivity contribution in [1.82, 2.24) is 0 Å². The van der Waals surface area contributed by atoms with Crippen molar-refractivity contribution < 1.29 is 9.31 Å². The molecule has 0 saturated heterocycles. The molecule has 0 spiro atoms. The Balaban J connectivity index is 2.16. The molecule has 0 aromatic heterocycles. The minimum absolute atomic E-state index is 0.873. The third-order valence-electron chi connectivity index (χ3n) is 4.67. The van der Waals surface area contributed by atoms with Crippen LogP contribution < -0.4 is 4.74 Å². The van der Waals surface area contributed by atoms with Crippen LogP contribution in [0.2, 0.25) is 0 Å². The molecule has 0 atom stereocenters. The fraction of sp³-hybridized carbons (Fsp3) is 0.208. The smallest absolute Gasteiger partial charge is 0.199 e. The highest BCUT2D eigenvalue weighted by molar-refractivity contribution is 6.03. The predicted molar refractivity (Wildman–Crippen MR) is 110 cm³/mol. The van der Waals surface area contributed by atoms with Crippen LogP contribution in [0.5, 0.6) is 5.75 Å². The quantitative estimate of drug-likeness (QED) is 0.719. The predicted octanol–water partition coefficient (Wildman–Crippen LogP) is 4.90. The average Bonchev–Trinajstić information content (AvgIpc) is 2.69. The van der Waals surface area contributed by atoms with Gasteiger partial charge in [0.15, 0.2) is 5.71 Å². The van der Waals surface area contributed by atoms with Crippen LogP contribution in [0, 0.1) is 0 Å². The summed E-state index contributed by atoms with van der Waals surface area (Å²) in [7, 11) is 5.83. The molecule has 0 radical (unpaired) electrons. The van der Waals surface area contributed by atoms with E-state index < -0.39 is 0 Å². The Morgan fingerprint density at radius 1 is 0.885 bits per heavy atom. The Labute approximate surface area is 156 Å². The molecule has 1 aliphatic rings. The van der Waals surface area contributed by atoms with E-state index in [2.05, 4.69) is 86.3 Å². The lowest BCUT2D eigenvalue weighted by molar-refractivity contribution is -0.462. The summed E-state index contributed by atoms with van der Waals surface area (Å²) >= 11 is 0. The van der Waals surface area contributed by atoms with Gasteiger partial charge in [0.05, 0.1) is 7.11 Å². The van der Waals surface area contributed by atoms with Crippen LogP contribution in [-0.4, -0.2) is 31.5 Å². The number of benzene rings is 2. The normalized spacial score (nSPS) is 13.1. The lowest BCUT2D eigenvalue weighted by Gasteiger charge is -2.15. The molecule has 0 amide bonds. The van der Waals surface area contributed by atoms with Crippen LogP contribution in [0.25, 0.3) is 5.57 Å². The van der Waals surface area contributed by atoms with Crippen molar-refractivity contribution in [3.8, 4) is 5.75 Å². The minimum Gasteiger partial charge on any atom is -0.497 e. The molecule has 0 N–H and O–H groups in total. The van der Waals surface area contributed by atoms with Gasteiger partial charge in [-0.15, -0.1) is 0 Å². The molecule has 0 aliphatic heterocycles. The summed E-state index contributed by atoms with van der Waals surface area (Å²) in [5.74, 6) is 0.873. The number of allylic oxidation sites excluding steroid dienone is 5. The van der Waals surface area contributed by atoms with E-state index in [1.807, 2.05) is 12.1 Å². The first kappa shape index (κ1) is 17.9. The van der Waals surface area contributed by atoms with Crippen LogP contribution in [0.1, 0.15) is 23.6 Å². The van der Waals surface area contributed by atoms with Gasteiger partial charge in [0.2, 0.25) is 0 Å². The molecule has 0 fully saturated rings. The topological polar surface area (TPSA) is 12.2 Å². The maximum absolute atomic E-state index is 5.32. The Hall–Kier alpha value is -2.87. The number of aryl methyl sites for hydroxylation is 1. The highest BCUT2D eigenvalue weighted by atomic mass is 16.5. The van der Waals surface area contributed by atoms with Gasteiger partial charge >= 0.3 is 0 Å². The maximum Gasteiger partial charge on any atom is 0.199 e. The van der Waals surface area contributed by atoms with Crippen molar-refractivity contribution in [1.29, 1.82) is 0 Å². The third-order valence-corrected chi connectivity index (χ3v) is 4.67. The fourth-order valence-corrected chi connectivity index (χ4v) is 3.13. The lowest BCUT2D eigenvalue weighted by atomic mass is 9.90. The van der Waals surface area contributed by atoms with E-state index in [0.29, 0.717) is 0 Å². The van der Waals surface area contributed by atoms with Crippen molar-refractivity contribution >= 4 is 11.3 Å². The highest BCUT2D eigenvalue weighted by Gasteiger charge is 2.13. The number of rotatable bonds is 4. The van der Waals surface area contributed by atoms with E-state index in [4.69, 9.17) is 4.74 Å². The van der Waals surface area contributed by atoms with E-state index in [1.165, 1.54) is 33.5 Å². The summed E-state index contributed by atoms with van der Waals surface area (Å²) in [5.41, 5.74) is 7.44. The van der Waals surface area contributed by atoms with Gasteiger partial charge in [0.1, 0.15) is 19.8 Å². The van der Waals surface area contributed by atoms with Gasteiger partial charge in [-0.25, -0.2) is 4.58 Å². The van der Waals surface area contributed by atoms with Crippen molar-refractivity contribution in [2.75, 3.05) is 21.2 Å². The van der Waals surface area contributed by atoms with E-state index in [0.717, 1.165) is 12.2 Å². The molecule has 2 aromatic carbocycles. The van der Waals surface area contributed by atoms with Crippen LogP contribution in [0.3, 0.4) is 0 Å². The van der Waals surface area contributed by atoms with Crippen LogP contribution in [-0.2, 0) is 6.42 Å². The second kappa shape index (κ2) is 8.01. The molecule has 0 saturated carbocycles. The summed E-state index contributed by atoms with van der Waals surface area (Å²) in [6.07, 6.45) is 9.77. The van der Waals surface area contributed by atoms with Gasteiger partial charge in [0.25, 0.3) is 0 Å². The first-order chi connectivity index (χ1) is 12.6. The van der Waals surface area contributed by atoms with Crippen LogP contribution in [0.4, 0.5) is 0 Å². The number of ether oxygens (including phenoxy) is 1. The van der Waals surface area contributed by atoms with Gasteiger partial charge in [-0.05, 0) is 58.5 Å². The van der Waals surface area contributed by atoms with E-state index in [1.54, 1.807) is 7.11 Å². The molecule has 0 heterocycles.